The molecule has 0 aromatic heterocycles. The summed E-state index contributed by atoms with van der Waals surface area (Å²) >= 11 is 3.64. The zero-order chi connectivity index (χ0) is 13.5. The Labute approximate surface area is 125 Å². The molecule has 0 spiro atoms. The zero-order valence-corrected chi connectivity index (χ0v) is 13.2. The van der Waals surface area contributed by atoms with Gasteiger partial charge in [0, 0.05) is 10.5 Å². The van der Waals surface area contributed by atoms with Crippen LogP contribution in [-0.2, 0) is 6.42 Å². The van der Waals surface area contributed by atoms with Crippen LogP contribution in [0.4, 0.5) is 0 Å². The smallest absolute Gasteiger partial charge is 0.0279 e. The third-order valence-electron chi connectivity index (χ3n) is 4.33. The van der Waals surface area contributed by atoms with Crippen molar-refractivity contribution in [2.75, 3.05) is 0 Å². The van der Waals surface area contributed by atoms with Crippen molar-refractivity contribution >= 4 is 15.9 Å². The first-order valence-electron chi connectivity index (χ1n) is 7.51. The fraction of sp³-hybridized carbons (Fsp3) is 0.625. The molecule has 0 heterocycles. The molecule has 3 N–H and O–H groups in total. The van der Waals surface area contributed by atoms with E-state index in [9.17, 15) is 0 Å². The number of hydrazine groups is 1. The summed E-state index contributed by atoms with van der Waals surface area (Å²) in [6.45, 7) is 0. The minimum atomic E-state index is 0.400. The van der Waals surface area contributed by atoms with Crippen LogP contribution in [0.3, 0.4) is 0 Å². The van der Waals surface area contributed by atoms with Crippen LogP contribution in [0.5, 0.6) is 0 Å². The summed E-state index contributed by atoms with van der Waals surface area (Å²) in [7, 11) is 0. The average molecular weight is 325 g/mol. The van der Waals surface area contributed by atoms with Gasteiger partial charge in [-0.2, -0.15) is 0 Å². The number of halogens is 1. The van der Waals surface area contributed by atoms with E-state index in [-0.39, 0.29) is 0 Å². The lowest BCUT2D eigenvalue weighted by atomic mass is 9.83. The van der Waals surface area contributed by atoms with Gasteiger partial charge in [0.1, 0.15) is 0 Å². The van der Waals surface area contributed by atoms with Gasteiger partial charge in [0.2, 0.25) is 0 Å². The molecule has 0 bridgehead atoms. The molecule has 1 aliphatic carbocycles. The SMILES string of the molecule is NNC(Cc1ccccc1Br)C1CCCCCCC1. The normalized spacial score (nSPS) is 19.7. The maximum Gasteiger partial charge on any atom is 0.0279 e. The van der Waals surface area contributed by atoms with Gasteiger partial charge in [-0.15, -0.1) is 0 Å². The van der Waals surface area contributed by atoms with Gasteiger partial charge in [0.05, 0.1) is 0 Å². The quantitative estimate of drug-likeness (QED) is 0.644. The molecule has 1 aromatic carbocycles. The van der Waals surface area contributed by atoms with Crippen LogP contribution < -0.4 is 11.3 Å². The van der Waals surface area contributed by atoms with Crippen LogP contribution in [0.25, 0.3) is 0 Å². The summed E-state index contributed by atoms with van der Waals surface area (Å²) in [4.78, 5) is 0. The zero-order valence-electron chi connectivity index (χ0n) is 11.6. The molecule has 2 rings (SSSR count). The molecule has 3 heteroatoms. The van der Waals surface area contributed by atoms with Crippen LogP contribution in [0.2, 0.25) is 0 Å². The van der Waals surface area contributed by atoms with E-state index in [0.717, 1.165) is 12.3 Å². The molecule has 1 unspecified atom stereocenters. The van der Waals surface area contributed by atoms with Gasteiger partial charge in [-0.05, 0) is 36.8 Å². The fourth-order valence-electron chi connectivity index (χ4n) is 3.15. The number of benzene rings is 1. The van der Waals surface area contributed by atoms with Gasteiger partial charge < -0.3 is 0 Å². The van der Waals surface area contributed by atoms with E-state index >= 15 is 0 Å². The lowest BCUT2D eigenvalue weighted by molar-refractivity contribution is 0.285. The number of nitrogens with two attached hydrogens (primary N) is 1. The Morgan fingerprint density at radius 1 is 1.11 bits per heavy atom. The third-order valence-corrected chi connectivity index (χ3v) is 5.10. The highest BCUT2D eigenvalue weighted by Gasteiger charge is 2.22. The first kappa shape index (κ1) is 15.0. The number of nitrogens with one attached hydrogen (secondary N) is 1. The van der Waals surface area contributed by atoms with Crippen molar-refractivity contribution in [3.05, 3.63) is 34.3 Å². The van der Waals surface area contributed by atoms with E-state index in [1.807, 2.05) is 0 Å². The molecule has 0 amide bonds. The van der Waals surface area contributed by atoms with Gasteiger partial charge in [-0.3, -0.25) is 11.3 Å². The van der Waals surface area contributed by atoms with Crippen LogP contribution in [-0.4, -0.2) is 6.04 Å². The summed E-state index contributed by atoms with van der Waals surface area (Å²) in [6.07, 6.45) is 10.6. The molecule has 0 aliphatic heterocycles. The fourth-order valence-corrected chi connectivity index (χ4v) is 3.60. The Balaban J connectivity index is 2.00. The van der Waals surface area contributed by atoms with E-state index in [0.29, 0.717) is 6.04 Å². The number of rotatable bonds is 4. The maximum absolute atomic E-state index is 5.83. The van der Waals surface area contributed by atoms with Crippen LogP contribution in [0, 0.1) is 5.92 Å². The Hall–Kier alpha value is -0.380. The predicted molar refractivity (Wildman–Crippen MR) is 84.8 cm³/mol. The molecule has 1 aliphatic rings. The highest BCUT2D eigenvalue weighted by atomic mass is 79.9. The van der Waals surface area contributed by atoms with Crippen molar-refractivity contribution in [2.45, 2.75) is 57.4 Å². The van der Waals surface area contributed by atoms with Crippen molar-refractivity contribution in [3.63, 3.8) is 0 Å². The minimum Gasteiger partial charge on any atom is -0.271 e. The molecule has 0 radical (unpaired) electrons. The molecule has 19 heavy (non-hydrogen) atoms. The Bertz CT molecular complexity index is 373. The van der Waals surface area contributed by atoms with E-state index in [2.05, 4.69) is 45.6 Å². The number of hydrogen-bond acceptors (Lipinski definition) is 2. The molecular weight excluding hydrogens is 300 g/mol. The summed E-state index contributed by atoms with van der Waals surface area (Å²) in [5, 5.41) is 0. The monoisotopic (exact) mass is 324 g/mol. The van der Waals surface area contributed by atoms with Gasteiger partial charge in [-0.1, -0.05) is 66.2 Å². The van der Waals surface area contributed by atoms with Crippen LogP contribution >= 0.6 is 15.9 Å². The van der Waals surface area contributed by atoms with Crippen molar-refractivity contribution in [2.24, 2.45) is 11.8 Å². The van der Waals surface area contributed by atoms with Gasteiger partial charge in [0.25, 0.3) is 0 Å². The van der Waals surface area contributed by atoms with E-state index in [4.69, 9.17) is 5.84 Å². The maximum atomic E-state index is 5.83. The first-order chi connectivity index (χ1) is 9.31. The van der Waals surface area contributed by atoms with Crippen molar-refractivity contribution in [1.29, 1.82) is 0 Å². The number of hydrogen-bond donors (Lipinski definition) is 2. The second kappa shape index (κ2) is 8.03. The lowest BCUT2D eigenvalue weighted by Gasteiger charge is -2.28. The summed E-state index contributed by atoms with van der Waals surface area (Å²) in [6, 6.07) is 8.87. The van der Waals surface area contributed by atoms with Gasteiger partial charge in [-0.25, -0.2) is 0 Å². The van der Waals surface area contributed by atoms with Crippen molar-refractivity contribution in [1.82, 2.24) is 5.43 Å². The highest BCUT2D eigenvalue weighted by molar-refractivity contribution is 9.10. The molecule has 1 fully saturated rings. The molecule has 1 aromatic rings. The second-order valence-electron chi connectivity index (χ2n) is 5.67. The standard InChI is InChI=1S/C16H25BrN2/c17-15-11-7-6-10-14(15)12-16(19-18)13-8-4-2-1-3-5-9-13/h6-7,10-11,13,16,19H,1-5,8-9,12,18H2. The topological polar surface area (TPSA) is 38.0 Å². The Morgan fingerprint density at radius 3 is 2.37 bits per heavy atom. The summed E-state index contributed by atoms with van der Waals surface area (Å²) < 4.78 is 1.20. The highest BCUT2D eigenvalue weighted by Crippen LogP contribution is 2.27. The molecule has 1 atom stereocenters. The van der Waals surface area contributed by atoms with Crippen molar-refractivity contribution in [3.8, 4) is 0 Å². The van der Waals surface area contributed by atoms with Crippen molar-refractivity contribution < 1.29 is 0 Å². The van der Waals surface area contributed by atoms with E-state index < -0.39 is 0 Å². The van der Waals surface area contributed by atoms with Crippen LogP contribution in [0.1, 0.15) is 50.5 Å². The van der Waals surface area contributed by atoms with Gasteiger partial charge >= 0.3 is 0 Å². The summed E-state index contributed by atoms with van der Waals surface area (Å²) in [5.41, 5.74) is 4.43. The molecule has 106 valence electrons. The van der Waals surface area contributed by atoms with E-state index in [1.165, 1.54) is 55.0 Å². The summed E-state index contributed by atoms with van der Waals surface area (Å²) in [5.74, 6) is 6.55. The molecule has 0 saturated heterocycles. The Morgan fingerprint density at radius 2 is 1.74 bits per heavy atom. The average Bonchev–Trinajstić information content (AvgIpc) is 2.38. The minimum absolute atomic E-state index is 0.400. The lowest BCUT2D eigenvalue weighted by Crippen LogP contribution is -2.42. The van der Waals surface area contributed by atoms with E-state index in [1.54, 1.807) is 0 Å². The molecular formula is C16H25BrN2. The molecule has 2 nitrogen and oxygen atoms in total. The van der Waals surface area contributed by atoms with Crippen LogP contribution in [0.15, 0.2) is 28.7 Å². The largest absolute Gasteiger partial charge is 0.271 e. The van der Waals surface area contributed by atoms with Gasteiger partial charge in [0.15, 0.2) is 0 Å². The third kappa shape index (κ3) is 4.59. The Kier molecular flexibility index (Phi) is 6.35. The second-order valence-corrected chi connectivity index (χ2v) is 6.53. The first-order valence-corrected chi connectivity index (χ1v) is 8.30. The predicted octanol–water partition coefficient (Wildman–Crippen LogP) is 4.18. The molecule has 1 saturated carbocycles.